The van der Waals surface area contributed by atoms with E-state index in [1.165, 1.54) is 0 Å². The van der Waals surface area contributed by atoms with Crippen molar-refractivity contribution in [3.05, 3.63) is 98.7 Å². The van der Waals surface area contributed by atoms with E-state index in [0.717, 1.165) is 21.0 Å². The number of fused-ring (bicyclic) bond motifs is 1. The molecule has 0 spiro atoms. The summed E-state index contributed by atoms with van der Waals surface area (Å²) in [6, 6.07) is 22.5. The minimum absolute atomic E-state index is 0.238. The van der Waals surface area contributed by atoms with Crippen molar-refractivity contribution in [2.75, 3.05) is 5.32 Å². The molecule has 5 heteroatoms. The summed E-state index contributed by atoms with van der Waals surface area (Å²) in [6.45, 7) is 1.96. The van der Waals surface area contributed by atoms with Crippen molar-refractivity contribution >= 4 is 38.4 Å². The largest absolute Gasteiger partial charge is 0.320 e. The Morgan fingerprint density at radius 3 is 2.39 bits per heavy atom. The topological polar surface area (TPSA) is 62.0 Å². The maximum Gasteiger partial charge on any atom is 0.272 e. The fourth-order valence-corrected chi connectivity index (χ4v) is 3.54. The van der Waals surface area contributed by atoms with Crippen molar-refractivity contribution < 1.29 is 4.79 Å². The van der Waals surface area contributed by atoms with Gasteiger partial charge in [0, 0.05) is 26.5 Å². The van der Waals surface area contributed by atoms with Crippen LogP contribution in [0.4, 0.5) is 5.69 Å². The van der Waals surface area contributed by atoms with Crippen LogP contribution in [0.25, 0.3) is 22.0 Å². The number of rotatable bonds is 3. The summed E-state index contributed by atoms with van der Waals surface area (Å²) in [7, 11) is 0. The van der Waals surface area contributed by atoms with Crippen LogP contribution in [0.2, 0.25) is 0 Å². The van der Waals surface area contributed by atoms with Gasteiger partial charge in [0.2, 0.25) is 0 Å². The summed E-state index contributed by atoms with van der Waals surface area (Å²) in [5, 5.41) is 3.67. The number of aromatic amines is 1. The Kier molecular flexibility index (Phi) is 4.84. The fourth-order valence-electron chi connectivity index (χ4n) is 3.18. The van der Waals surface area contributed by atoms with Crippen LogP contribution < -0.4 is 10.9 Å². The maximum absolute atomic E-state index is 12.9. The summed E-state index contributed by atoms with van der Waals surface area (Å²) in [5.41, 5.74) is 3.72. The van der Waals surface area contributed by atoms with Crippen molar-refractivity contribution in [1.29, 1.82) is 0 Å². The van der Waals surface area contributed by atoms with E-state index in [1.807, 2.05) is 67.6 Å². The van der Waals surface area contributed by atoms with Crippen LogP contribution in [0.3, 0.4) is 0 Å². The van der Waals surface area contributed by atoms with E-state index < -0.39 is 0 Å². The zero-order valence-electron chi connectivity index (χ0n) is 15.1. The average Bonchev–Trinajstić information content (AvgIpc) is 2.70. The molecule has 0 fully saturated rings. The Balaban J connectivity index is 1.92. The third-order valence-corrected chi connectivity index (χ3v) is 5.08. The molecule has 0 bridgehead atoms. The zero-order valence-corrected chi connectivity index (χ0v) is 16.7. The second-order valence-electron chi connectivity index (χ2n) is 6.58. The van der Waals surface area contributed by atoms with Gasteiger partial charge in [-0.2, -0.15) is 0 Å². The molecule has 0 aliphatic heterocycles. The summed E-state index contributed by atoms with van der Waals surface area (Å²) in [6.07, 6.45) is 0. The first-order chi connectivity index (χ1) is 13.5. The lowest BCUT2D eigenvalue weighted by Gasteiger charge is -2.14. The van der Waals surface area contributed by atoms with Gasteiger partial charge in [0.05, 0.1) is 0 Å². The van der Waals surface area contributed by atoms with Crippen LogP contribution in [-0.4, -0.2) is 10.9 Å². The second-order valence-corrected chi connectivity index (χ2v) is 7.50. The lowest BCUT2D eigenvalue weighted by atomic mass is 9.99. The van der Waals surface area contributed by atoms with E-state index in [-0.39, 0.29) is 17.2 Å². The standard InChI is InChI=1S/C23H17BrN2O2/c1-14-7-9-16(10-8-14)22(27)26-21-20(15-5-3-2-4-6-15)18-13-17(24)11-12-19(18)25-23(21)28/h2-13H,1H3,(H,25,28)(H,26,27). The minimum atomic E-state index is -0.339. The van der Waals surface area contributed by atoms with Gasteiger partial charge in [0.15, 0.2) is 0 Å². The van der Waals surface area contributed by atoms with Crippen molar-refractivity contribution in [2.45, 2.75) is 6.92 Å². The average molecular weight is 433 g/mol. The number of carbonyl (C=O) groups excluding carboxylic acids is 1. The molecule has 4 rings (SSSR count). The molecule has 4 nitrogen and oxygen atoms in total. The molecule has 0 aliphatic carbocycles. The van der Waals surface area contributed by atoms with Gasteiger partial charge >= 0.3 is 0 Å². The highest BCUT2D eigenvalue weighted by atomic mass is 79.9. The molecule has 0 saturated carbocycles. The van der Waals surface area contributed by atoms with Crippen molar-refractivity contribution in [1.82, 2.24) is 4.98 Å². The molecular weight excluding hydrogens is 416 g/mol. The number of H-pyrrole nitrogens is 1. The molecule has 2 N–H and O–H groups in total. The molecule has 28 heavy (non-hydrogen) atoms. The van der Waals surface area contributed by atoms with Crippen LogP contribution >= 0.6 is 15.9 Å². The van der Waals surface area contributed by atoms with Crippen LogP contribution in [-0.2, 0) is 0 Å². The molecule has 0 atom stereocenters. The summed E-state index contributed by atoms with van der Waals surface area (Å²) in [5.74, 6) is -0.322. The monoisotopic (exact) mass is 432 g/mol. The number of benzene rings is 3. The number of pyridine rings is 1. The zero-order chi connectivity index (χ0) is 19.7. The van der Waals surface area contributed by atoms with E-state index >= 15 is 0 Å². The predicted molar refractivity (Wildman–Crippen MR) is 117 cm³/mol. The molecule has 138 valence electrons. The number of nitrogens with one attached hydrogen (secondary N) is 2. The molecular formula is C23H17BrN2O2. The van der Waals surface area contributed by atoms with Gasteiger partial charge in [0.25, 0.3) is 11.5 Å². The first-order valence-corrected chi connectivity index (χ1v) is 9.61. The molecule has 0 radical (unpaired) electrons. The lowest BCUT2D eigenvalue weighted by molar-refractivity contribution is 0.102. The third kappa shape index (κ3) is 3.49. The van der Waals surface area contributed by atoms with Gasteiger partial charge in [-0.05, 0) is 42.8 Å². The molecule has 0 unspecified atom stereocenters. The first-order valence-electron chi connectivity index (χ1n) is 8.82. The smallest absolute Gasteiger partial charge is 0.272 e. The van der Waals surface area contributed by atoms with E-state index in [1.54, 1.807) is 12.1 Å². The number of hydrogen-bond acceptors (Lipinski definition) is 2. The Morgan fingerprint density at radius 1 is 0.964 bits per heavy atom. The van der Waals surface area contributed by atoms with E-state index in [2.05, 4.69) is 26.2 Å². The Morgan fingerprint density at radius 2 is 1.68 bits per heavy atom. The van der Waals surface area contributed by atoms with Crippen molar-refractivity contribution in [3.63, 3.8) is 0 Å². The number of aryl methyl sites for hydroxylation is 1. The van der Waals surface area contributed by atoms with E-state index in [4.69, 9.17) is 0 Å². The number of anilines is 1. The SMILES string of the molecule is Cc1ccc(C(=O)Nc2c(-c3ccccc3)c3cc(Br)ccc3[nH]c2=O)cc1. The van der Waals surface area contributed by atoms with E-state index in [9.17, 15) is 9.59 Å². The van der Waals surface area contributed by atoms with E-state index in [0.29, 0.717) is 16.6 Å². The highest BCUT2D eigenvalue weighted by Gasteiger charge is 2.17. The Hall–Kier alpha value is -3.18. The van der Waals surface area contributed by atoms with Crippen molar-refractivity contribution in [2.24, 2.45) is 0 Å². The van der Waals surface area contributed by atoms with Crippen LogP contribution in [0.5, 0.6) is 0 Å². The lowest BCUT2D eigenvalue weighted by Crippen LogP contribution is -2.21. The molecule has 0 aliphatic rings. The van der Waals surface area contributed by atoms with Gasteiger partial charge in [-0.15, -0.1) is 0 Å². The second kappa shape index (κ2) is 7.44. The quantitative estimate of drug-likeness (QED) is 0.447. The fraction of sp³-hybridized carbons (Fsp3) is 0.0435. The first kappa shape index (κ1) is 18.2. The highest BCUT2D eigenvalue weighted by molar-refractivity contribution is 9.10. The predicted octanol–water partition coefficient (Wildman–Crippen LogP) is 5.52. The maximum atomic E-state index is 12.9. The number of halogens is 1. The summed E-state index contributed by atoms with van der Waals surface area (Å²) >= 11 is 3.50. The van der Waals surface area contributed by atoms with Gasteiger partial charge < -0.3 is 10.3 Å². The van der Waals surface area contributed by atoms with Gasteiger partial charge in [0.1, 0.15) is 5.69 Å². The number of aromatic nitrogens is 1. The third-order valence-electron chi connectivity index (χ3n) is 4.59. The van der Waals surface area contributed by atoms with Crippen molar-refractivity contribution in [3.8, 4) is 11.1 Å². The number of hydrogen-bond donors (Lipinski definition) is 2. The number of amides is 1. The highest BCUT2D eigenvalue weighted by Crippen LogP contribution is 2.34. The van der Waals surface area contributed by atoms with Gasteiger partial charge in [-0.3, -0.25) is 9.59 Å². The molecule has 1 heterocycles. The normalized spacial score (nSPS) is 10.8. The van der Waals surface area contributed by atoms with Gasteiger partial charge in [-0.1, -0.05) is 64.0 Å². The molecule has 1 aromatic heterocycles. The summed E-state index contributed by atoms with van der Waals surface area (Å²) in [4.78, 5) is 28.5. The van der Waals surface area contributed by atoms with Crippen LogP contribution in [0.15, 0.2) is 82.1 Å². The molecule has 1 amide bonds. The summed E-state index contributed by atoms with van der Waals surface area (Å²) < 4.78 is 0.889. The molecule has 0 saturated heterocycles. The number of carbonyl (C=O) groups is 1. The Labute approximate surface area is 170 Å². The Bertz CT molecular complexity index is 1230. The minimum Gasteiger partial charge on any atom is -0.320 e. The van der Waals surface area contributed by atoms with Crippen LogP contribution in [0, 0.1) is 6.92 Å². The van der Waals surface area contributed by atoms with Crippen LogP contribution in [0.1, 0.15) is 15.9 Å². The van der Waals surface area contributed by atoms with Gasteiger partial charge in [-0.25, -0.2) is 0 Å². The molecule has 3 aromatic carbocycles. The molecule has 4 aromatic rings.